The summed E-state index contributed by atoms with van der Waals surface area (Å²) in [7, 11) is 0. The Morgan fingerprint density at radius 1 is 1.08 bits per heavy atom. The Hall–Kier alpha value is -2.41. The number of rotatable bonds is 2. The quantitative estimate of drug-likeness (QED) is 0.761. The molecule has 4 heterocycles. The van der Waals surface area contributed by atoms with E-state index in [1.165, 1.54) is 19.3 Å². The number of fused-ring (bicyclic) bond motifs is 2. The van der Waals surface area contributed by atoms with E-state index in [1.54, 1.807) is 18.1 Å². The van der Waals surface area contributed by atoms with Crippen molar-refractivity contribution in [3.63, 3.8) is 0 Å². The first kappa shape index (κ1) is 14.9. The van der Waals surface area contributed by atoms with E-state index in [1.807, 2.05) is 24.4 Å². The second kappa shape index (κ2) is 6.15. The third-order valence-electron chi connectivity index (χ3n) is 4.69. The molecule has 1 aromatic carbocycles. The minimum atomic E-state index is 0.705. The van der Waals surface area contributed by atoms with Crippen LogP contribution in [-0.4, -0.2) is 45.0 Å². The molecule has 25 heavy (non-hydrogen) atoms. The maximum atomic E-state index is 4.98. The highest BCUT2D eigenvalue weighted by Crippen LogP contribution is 2.40. The summed E-state index contributed by atoms with van der Waals surface area (Å²) in [6.07, 6.45) is 7.38. The first-order chi connectivity index (χ1) is 12.4. The van der Waals surface area contributed by atoms with Gasteiger partial charge in [0.2, 0.25) is 0 Å². The molecule has 6 nitrogen and oxygen atoms in total. The van der Waals surface area contributed by atoms with Gasteiger partial charge in [0.25, 0.3) is 0 Å². The molecule has 0 saturated carbocycles. The van der Waals surface area contributed by atoms with Crippen LogP contribution in [0.2, 0.25) is 0 Å². The molecule has 0 amide bonds. The summed E-state index contributed by atoms with van der Waals surface area (Å²) in [6.45, 7) is 2.11. The molecule has 3 aromatic rings. The van der Waals surface area contributed by atoms with Crippen LogP contribution in [0.4, 0.5) is 11.6 Å². The number of aromatic amines is 1. The van der Waals surface area contributed by atoms with E-state index in [-0.39, 0.29) is 0 Å². The van der Waals surface area contributed by atoms with Crippen molar-refractivity contribution < 1.29 is 0 Å². The number of hydrogen-bond donors (Lipinski definition) is 1. The number of anilines is 1. The zero-order valence-corrected chi connectivity index (χ0v) is 14.6. The largest absolute Gasteiger partial charge is 0.356 e. The van der Waals surface area contributed by atoms with Gasteiger partial charge in [0.15, 0.2) is 11.6 Å². The van der Waals surface area contributed by atoms with Crippen molar-refractivity contribution in [2.24, 2.45) is 4.99 Å². The highest BCUT2D eigenvalue weighted by Gasteiger charge is 2.23. The molecule has 0 aliphatic carbocycles. The molecule has 0 atom stereocenters. The molecule has 0 bridgehead atoms. The molecular weight excluding hydrogens is 332 g/mol. The van der Waals surface area contributed by atoms with Crippen molar-refractivity contribution in [3.8, 4) is 11.4 Å². The van der Waals surface area contributed by atoms with Gasteiger partial charge >= 0.3 is 0 Å². The predicted molar refractivity (Wildman–Crippen MR) is 102 cm³/mol. The monoisotopic (exact) mass is 350 g/mol. The Bertz CT molecular complexity index is 957. The Morgan fingerprint density at radius 3 is 2.92 bits per heavy atom. The van der Waals surface area contributed by atoms with E-state index in [0.29, 0.717) is 5.82 Å². The first-order valence-corrected chi connectivity index (χ1v) is 9.63. The fraction of sp³-hybridized carbons (Fsp3) is 0.333. The first-order valence-electron chi connectivity index (χ1n) is 8.65. The maximum Gasteiger partial charge on any atom is 0.171 e. The molecule has 1 saturated heterocycles. The molecule has 2 aliphatic rings. The van der Waals surface area contributed by atoms with Crippen molar-refractivity contribution in [2.45, 2.75) is 24.2 Å². The Balaban J connectivity index is 1.70. The van der Waals surface area contributed by atoms with E-state index >= 15 is 0 Å². The second-order valence-electron chi connectivity index (χ2n) is 6.30. The highest BCUT2D eigenvalue weighted by molar-refractivity contribution is 8.00. The molecule has 0 radical (unpaired) electrons. The van der Waals surface area contributed by atoms with E-state index < -0.39 is 0 Å². The van der Waals surface area contributed by atoms with Crippen molar-refractivity contribution in [1.29, 1.82) is 0 Å². The van der Waals surface area contributed by atoms with Crippen LogP contribution in [0.3, 0.4) is 0 Å². The fourth-order valence-electron chi connectivity index (χ4n) is 3.47. The summed E-state index contributed by atoms with van der Waals surface area (Å²) in [4.78, 5) is 25.4. The van der Waals surface area contributed by atoms with Gasteiger partial charge in [0, 0.05) is 30.6 Å². The van der Waals surface area contributed by atoms with E-state index in [4.69, 9.17) is 9.97 Å². The number of piperidine rings is 1. The van der Waals surface area contributed by atoms with Gasteiger partial charge in [0.05, 0.1) is 22.3 Å². The average molecular weight is 350 g/mol. The molecule has 5 rings (SSSR count). The predicted octanol–water partition coefficient (Wildman–Crippen LogP) is 3.82. The minimum Gasteiger partial charge on any atom is -0.356 e. The molecule has 2 aromatic heterocycles. The van der Waals surface area contributed by atoms with Gasteiger partial charge in [-0.15, -0.1) is 11.8 Å². The fourth-order valence-corrected chi connectivity index (χ4v) is 4.32. The Labute approximate surface area is 149 Å². The molecule has 0 spiro atoms. The normalized spacial score (nSPS) is 17.0. The SMILES string of the molecule is C1=Nc2nc(-c3cccc4[nH]cnc34)nc(N3CCCCC3)c2SC1. The van der Waals surface area contributed by atoms with Crippen LogP contribution in [0.5, 0.6) is 0 Å². The van der Waals surface area contributed by atoms with Crippen LogP contribution in [-0.2, 0) is 0 Å². The summed E-state index contributed by atoms with van der Waals surface area (Å²) < 4.78 is 0. The molecule has 0 unspecified atom stereocenters. The number of aromatic nitrogens is 4. The number of hydrogen-bond acceptors (Lipinski definition) is 6. The number of aliphatic imine (C=N–C) groups is 1. The van der Waals surface area contributed by atoms with Crippen LogP contribution in [0.15, 0.2) is 34.4 Å². The van der Waals surface area contributed by atoms with Gasteiger partial charge in [-0.25, -0.2) is 19.9 Å². The average Bonchev–Trinajstić information content (AvgIpc) is 3.16. The highest BCUT2D eigenvalue weighted by atomic mass is 32.2. The van der Waals surface area contributed by atoms with Gasteiger partial charge in [-0.3, -0.25) is 0 Å². The lowest BCUT2D eigenvalue weighted by atomic mass is 10.1. The molecule has 1 fully saturated rings. The lowest BCUT2D eigenvalue weighted by Crippen LogP contribution is -2.31. The summed E-state index contributed by atoms with van der Waals surface area (Å²) >= 11 is 1.78. The van der Waals surface area contributed by atoms with Crippen molar-refractivity contribution in [1.82, 2.24) is 19.9 Å². The Morgan fingerprint density at radius 2 is 2.00 bits per heavy atom. The summed E-state index contributed by atoms with van der Waals surface area (Å²) in [5.74, 6) is 3.41. The number of imidazole rings is 1. The smallest absolute Gasteiger partial charge is 0.171 e. The van der Waals surface area contributed by atoms with Crippen molar-refractivity contribution in [3.05, 3.63) is 24.5 Å². The second-order valence-corrected chi connectivity index (χ2v) is 7.33. The topological polar surface area (TPSA) is 70.1 Å². The van der Waals surface area contributed by atoms with Crippen LogP contribution in [0.1, 0.15) is 19.3 Å². The zero-order chi connectivity index (χ0) is 16.6. The maximum absolute atomic E-state index is 4.98. The van der Waals surface area contributed by atoms with Crippen molar-refractivity contribution >= 4 is 40.6 Å². The Kier molecular flexibility index (Phi) is 3.66. The lowest BCUT2D eigenvalue weighted by molar-refractivity contribution is 0.570. The molecular formula is C18H18N6S. The van der Waals surface area contributed by atoms with Crippen LogP contribution >= 0.6 is 11.8 Å². The number of thioether (sulfide) groups is 1. The standard InChI is InChI=1S/C18H18N6S/c1-2-8-24(9-3-1)18-15-17(19-7-10-25-15)22-16(23-18)12-5-4-6-13-14(12)21-11-20-13/h4-7,11H,1-3,8-10H2,(H,20,21). The van der Waals surface area contributed by atoms with Crippen LogP contribution in [0.25, 0.3) is 22.4 Å². The molecule has 7 heteroatoms. The number of nitrogens with zero attached hydrogens (tertiary/aromatic N) is 5. The third-order valence-corrected chi connectivity index (χ3v) is 5.66. The van der Waals surface area contributed by atoms with Gasteiger partial charge in [-0.05, 0) is 31.4 Å². The summed E-state index contributed by atoms with van der Waals surface area (Å²) in [5.41, 5.74) is 2.85. The summed E-state index contributed by atoms with van der Waals surface area (Å²) in [6, 6.07) is 6.06. The van der Waals surface area contributed by atoms with E-state index in [0.717, 1.165) is 52.0 Å². The third kappa shape index (κ3) is 2.59. The number of para-hydroxylation sites is 1. The van der Waals surface area contributed by atoms with Crippen LogP contribution in [0, 0.1) is 0 Å². The van der Waals surface area contributed by atoms with Gasteiger partial charge in [-0.2, -0.15) is 0 Å². The van der Waals surface area contributed by atoms with Gasteiger partial charge < -0.3 is 9.88 Å². The zero-order valence-electron chi connectivity index (χ0n) is 13.8. The van der Waals surface area contributed by atoms with Gasteiger partial charge in [-0.1, -0.05) is 6.07 Å². The molecule has 126 valence electrons. The lowest BCUT2D eigenvalue weighted by Gasteiger charge is -2.30. The number of H-pyrrole nitrogens is 1. The molecule has 1 N–H and O–H groups in total. The minimum absolute atomic E-state index is 0.705. The van der Waals surface area contributed by atoms with Crippen molar-refractivity contribution in [2.75, 3.05) is 23.7 Å². The van der Waals surface area contributed by atoms with Crippen LogP contribution < -0.4 is 4.90 Å². The molecule has 2 aliphatic heterocycles. The van der Waals surface area contributed by atoms with E-state index in [9.17, 15) is 0 Å². The number of nitrogens with one attached hydrogen (secondary N) is 1. The van der Waals surface area contributed by atoms with E-state index in [2.05, 4.69) is 19.9 Å². The van der Waals surface area contributed by atoms with Gasteiger partial charge in [0.1, 0.15) is 5.82 Å². The number of benzene rings is 1. The summed E-state index contributed by atoms with van der Waals surface area (Å²) in [5, 5.41) is 0.